The first-order valence-electron chi connectivity index (χ1n) is 7.55. The number of nitrogens with two attached hydrogens (primary N) is 1. The van der Waals surface area contributed by atoms with Crippen molar-refractivity contribution >= 4 is 5.82 Å². The summed E-state index contributed by atoms with van der Waals surface area (Å²) >= 11 is 0. The van der Waals surface area contributed by atoms with Gasteiger partial charge in [0.05, 0.1) is 12.8 Å². The molecule has 0 saturated heterocycles. The van der Waals surface area contributed by atoms with Crippen LogP contribution in [0.4, 0.5) is 5.82 Å². The van der Waals surface area contributed by atoms with Crippen LogP contribution in [0.2, 0.25) is 0 Å². The van der Waals surface area contributed by atoms with Gasteiger partial charge >= 0.3 is 0 Å². The molecule has 1 heterocycles. The van der Waals surface area contributed by atoms with Gasteiger partial charge in [0.2, 0.25) is 0 Å². The van der Waals surface area contributed by atoms with Crippen LogP contribution < -0.4 is 10.5 Å². The number of anilines is 1. The molecule has 0 atom stereocenters. The Hall–Kier alpha value is -3.32. The number of nitrogen functional groups attached to an aromatic ring is 1. The van der Waals surface area contributed by atoms with Crippen LogP contribution in [0.15, 0.2) is 54.6 Å². The molecule has 4 nitrogen and oxygen atoms in total. The Morgan fingerprint density at radius 2 is 1.83 bits per heavy atom. The maximum absolute atomic E-state index is 9.50. The van der Waals surface area contributed by atoms with Crippen molar-refractivity contribution < 1.29 is 4.74 Å². The molecule has 2 N–H and O–H groups in total. The predicted octanol–water partition coefficient (Wildman–Crippen LogP) is 4.19. The lowest BCUT2D eigenvalue weighted by molar-refractivity contribution is 0.416. The number of nitriles is 1. The smallest absolute Gasteiger partial charge is 0.142 e. The van der Waals surface area contributed by atoms with Gasteiger partial charge < -0.3 is 10.5 Å². The lowest BCUT2D eigenvalue weighted by Crippen LogP contribution is -2.00. The highest BCUT2D eigenvalue weighted by atomic mass is 16.5. The molecule has 0 unspecified atom stereocenters. The van der Waals surface area contributed by atoms with Crippen LogP contribution in [0.1, 0.15) is 11.1 Å². The topological polar surface area (TPSA) is 71.9 Å². The average molecular weight is 315 g/mol. The predicted molar refractivity (Wildman–Crippen MR) is 95.5 cm³/mol. The Bertz CT molecular complexity index is 942. The lowest BCUT2D eigenvalue weighted by atomic mass is 9.97. The number of methoxy groups -OCH3 is 1. The summed E-state index contributed by atoms with van der Waals surface area (Å²) in [5.41, 5.74) is 10.8. The van der Waals surface area contributed by atoms with Gasteiger partial charge in [-0.3, -0.25) is 0 Å². The normalized spacial score (nSPS) is 10.2. The minimum Gasteiger partial charge on any atom is -0.496 e. The van der Waals surface area contributed by atoms with Crippen molar-refractivity contribution in [1.29, 1.82) is 5.26 Å². The largest absolute Gasteiger partial charge is 0.496 e. The lowest BCUT2D eigenvalue weighted by Gasteiger charge is -2.12. The van der Waals surface area contributed by atoms with E-state index < -0.39 is 0 Å². The van der Waals surface area contributed by atoms with Gasteiger partial charge in [-0.2, -0.15) is 5.26 Å². The van der Waals surface area contributed by atoms with Crippen LogP contribution >= 0.6 is 0 Å². The van der Waals surface area contributed by atoms with E-state index in [9.17, 15) is 5.26 Å². The number of benzene rings is 2. The number of aromatic nitrogens is 1. The molecule has 4 heteroatoms. The van der Waals surface area contributed by atoms with Gasteiger partial charge in [-0.25, -0.2) is 4.98 Å². The van der Waals surface area contributed by atoms with E-state index >= 15 is 0 Å². The van der Waals surface area contributed by atoms with Gasteiger partial charge in [0.15, 0.2) is 0 Å². The Morgan fingerprint density at radius 1 is 1.04 bits per heavy atom. The molecule has 2 aromatic carbocycles. The standard InChI is InChI=1S/C20H17N3O/c1-13-6-5-7-14(10-13)16-11-18(23-20(22)17(16)12-21)15-8-3-4-9-19(15)24-2/h3-11H,1-2H3,(H2,22,23). The monoisotopic (exact) mass is 315 g/mol. The Morgan fingerprint density at radius 3 is 2.54 bits per heavy atom. The fraction of sp³-hybridized carbons (Fsp3) is 0.100. The minimum absolute atomic E-state index is 0.220. The van der Waals surface area contributed by atoms with Crippen LogP contribution in [-0.2, 0) is 0 Å². The van der Waals surface area contributed by atoms with E-state index in [-0.39, 0.29) is 5.82 Å². The van der Waals surface area contributed by atoms with Gasteiger partial charge in [-0.1, -0.05) is 42.0 Å². The van der Waals surface area contributed by atoms with Crippen molar-refractivity contribution in [3.63, 3.8) is 0 Å². The van der Waals surface area contributed by atoms with Crippen molar-refractivity contribution in [1.82, 2.24) is 4.98 Å². The number of hydrogen-bond donors (Lipinski definition) is 1. The number of hydrogen-bond acceptors (Lipinski definition) is 4. The first-order valence-corrected chi connectivity index (χ1v) is 7.55. The van der Waals surface area contributed by atoms with Crippen molar-refractivity contribution in [2.24, 2.45) is 0 Å². The number of para-hydroxylation sites is 1. The van der Waals surface area contributed by atoms with Crippen LogP contribution in [0, 0.1) is 18.3 Å². The molecule has 0 aliphatic carbocycles. The van der Waals surface area contributed by atoms with E-state index in [4.69, 9.17) is 10.5 Å². The minimum atomic E-state index is 0.220. The van der Waals surface area contributed by atoms with Crippen molar-refractivity contribution in [3.05, 3.63) is 65.7 Å². The zero-order chi connectivity index (χ0) is 17.1. The Kier molecular flexibility index (Phi) is 4.17. The van der Waals surface area contributed by atoms with Crippen LogP contribution in [0.3, 0.4) is 0 Å². The summed E-state index contributed by atoms with van der Waals surface area (Å²) in [5, 5.41) is 9.50. The molecular formula is C20H17N3O. The molecule has 0 amide bonds. The van der Waals surface area contributed by atoms with Crippen LogP contribution in [0.5, 0.6) is 5.75 Å². The summed E-state index contributed by atoms with van der Waals surface area (Å²) in [6, 6.07) is 19.6. The average Bonchev–Trinajstić information content (AvgIpc) is 2.61. The highest BCUT2D eigenvalue weighted by molar-refractivity contribution is 5.81. The highest BCUT2D eigenvalue weighted by Gasteiger charge is 2.15. The van der Waals surface area contributed by atoms with Gasteiger partial charge in [-0.15, -0.1) is 0 Å². The highest BCUT2D eigenvalue weighted by Crippen LogP contribution is 2.34. The van der Waals surface area contributed by atoms with Crippen molar-refractivity contribution in [2.75, 3.05) is 12.8 Å². The summed E-state index contributed by atoms with van der Waals surface area (Å²) in [6.07, 6.45) is 0. The molecule has 3 aromatic rings. The molecule has 0 bridgehead atoms. The van der Waals surface area contributed by atoms with Crippen LogP contribution in [0.25, 0.3) is 22.4 Å². The van der Waals surface area contributed by atoms with E-state index in [0.717, 1.165) is 22.3 Å². The number of aryl methyl sites for hydroxylation is 1. The third kappa shape index (κ3) is 2.80. The zero-order valence-corrected chi connectivity index (χ0v) is 13.6. The Labute approximate surface area is 141 Å². The van der Waals surface area contributed by atoms with E-state index in [2.05, 4.69) is 11.1 Å². The molecule has 0 saturated carbocycles. The summed E-state index contributed by atoms with van der Waals surface area (Å²) in [6.45, 7) is 2.02. The second-order valence-corrected chi connectivity index (χ2v) is 5.50. The molecule has 0 fully saturated rings. The second kappa shape index (κ2) is 6.43. The van der Waals surface area contributed by atoms with E-state index in [1.807, 2.05) is 61.5 Å². The van der Waals surface area contributed by atoms with Gasteiger partial charge in [0.25, 0.3) is 0 Å². The molecule has 1 aromatic heterocycles. The third-order valence-electron chi connectivity index (χ3n) is 3.87. The summed E-state index contributed by atoms with van der Waals surface area (Å²) in [4.78, 5) is 4.41. The summed E-state index contributed by atoms with van der Waals surface area (Å²) < 4.78 is 5.42. The molecule has 0 aliphatic rings. The van der Waals surface area contributed by atoms with E-state index in [0.29, 0.717) is 17.0 Å². The fourth-order valence-corrected chi connectivity index (χ4v) is 2.72. The Balaban J connectivity index is 2.27. The fourth-order valence-electron chi connectivity index (χ4n) is 2.72. The van der Waals surface area contributed by atoms with Crippen LogP contribution in [-0.4, -0.2) is 12.1 Å². The third-order valence-corrected chi connectivity index (χ3v) is 3.87. The molecule has 0 spiro atoms. The molecule has 118 valence electrons. The second-order valence-electron chi connectivity index (χ2n) is 5.50. The number of ether oxygens (including phenoxy) is 1. The van der Waals surface area contributed by atoms with Gasteiger partial charge in [-0.05, 0) is 30.7 Å². The molecule has 3 rings (SSSR count). The number of rotatable bonds is 3. The maximum atomic E-state index is 9.50. The van der Waals surface area contributed by atoms with Gasteiger partial charge in [0, 0.05) is 11.1 Å². The van der Waals surface area contributed by atoms with E-state index in [1.54, 1.807) is 7.11 Å². The van der Waals surface area contributed by atoms with E-state index in [1.165, 1.54) is 0 Å². The molecular weight excluding hydrogens is 298 g/mol. The summed E-state index contributed by atoms with van der Waals surface area (Å²) in [7, 11) is 1.62. The first-order chi connectivity index (χ1) is 11.6. The maximum Gasteiger partial charge on any atom is 0.142 e. The van der Waals surface area contributed by atoms with Crippen molar-refractivity contribution in [2.45, 2.75) is 6.92 Å². The first kappa shape index (κ1) is 15.6. The quantitative estimate of drug-likeness (QED) is 0.786. The zero-order valence-electron chi connectivity index (χ0n) is 13.6. The molecule has 0 radical (unpaired) electrons. The SMILES string of the molecule is COc1ccccc1-c1cc(-c2cccc(C)c2)c(C#N)c(N)n1. The number of nitrogens with zero attached hydrogens (tertiary/aromatic N) is 2. The molecule has 0 aliphatic heterocycles. The van der Waals surface area contributed by atoms with Crippen molar-refractivity contribution in [3.8, 4) is 34.2 Å². The number of pyridine rings is 1. The van der Waals surface area contributed by atoms with Gasteiger partial charge in [0.1, 0.15) is 23.2 Å². The summed E-state index contributed by atoms with van der Waals surface area (Å²) in [5.74, 6) is 0.932. The molecule has 24 heavy (non-hydrogen) atoms.